The van der Waals surface area contributed by atoms with E-state index in [1.54, 1.807) is 0 Å². The summed E-state index contributed by atoms with van der Waals surface area (Å²) in [6.45, 7) is 10.6. The number of hydrogen-bond donors (Lipinski definition) is 1. The van der Waals surface area contributed by atoms with E-state index in [2.05, 4.69) is 48.1 Å². The molecule has 1 aromatic rings. The molecule has 0 atom stereocenters. The van der Waals surface area contributed by atoms with Crippen molar-refractivity contribution < 1.29 is 0 Å². The molecule has 0 radical (unpaired) electrons. The number of aromatic nitrogens is 1. The van der Waals surface area contributed by atoms with Crippen molar-refractivity contribution in [1.29, 1.82) is 0 Å². The second-order valence-corrected chi connectivity index (χ2v) is 6.72. The minimum absolute atomic E-state index is 0.460. The number of pyridine rings is 1. The zero-order valence-electron chi connectivity index (χ0n) is 12.7. The Morgan fingerprint density at radius 2 is 1.95 bits per heavy atom. The average Bonchev–Trinajstić information content (AvgIpc) is 2.39. The van der Waals surface area contributed by atoms with Crippen molar-refractivity contribution in [3.8, 4) is 0 Å². The summed E-state index contributed by atoms with van der Waals surface area (Å²) >= 11 is 0. The van der Waals surface area contributed by atoms with Gasteiger partial charge in [-0.2, -0.15) is 0 Å². The number of nitrogens with one attached hydrogen (secondary N) is 1. The molecule has 3 nitrogen and oxygen atoms in total. The molecule has 0 aromatic carbocycles. The summed E-state index contributed by atoms with van der Waals surface area (Å²) in [7, 11) is 1.90. The summed E-state index contributed by atoms with van der Waals surface area (Å²) in [5.41, 5.74) is 1.77. The molecule has 1 aliphatic rings. The van der Waals surface area contributed by atoms with Crippen LogP contribution in [0.3, 0.4) is 0 Å². The molecule has 0 spiro atoms. The first-order valence-electron chi connectivity index (χ1n) is 7.34. The smallest absolute Gasteiger partial charge is 0.125 e. The zero-order chi connectivity index (χ0) is 13.9. The summed E-state index contributed by atoms with van der Waals surface area (Å²) in [5, 5.41) is 3.06. The molecule has 3 heteroatoms. The fourth-order valence-corrected chi connectivity index (χ4v) is 2.88. The second kappa shape index (κ2) is 5.91. The van der Waals surface area contributed by atoms with E-state index in [1.807, 2.05) is 13.2 Å². The molecule has 19 heavy (non-hydrogen) atoms. The van der Waals surface area contributed by atoms with Gasteiger partial charge in [-0.15, -0.1) is 0 Å². The van der Waals surface area contributed by atoms with Gasteiger partial charge in [0.15, 0.2) is 0 Å². The van der Waals surface area contributed by atoms with Crippen LogP contribution in [0.2, 0.25) is 0 Å². The summed E-state index contributed by atoms with van der Waals surface area (Å²) in [6.07, 6.45) is 4.64. The average molecular weight is 261 g/mol. The molecule has 0 unspecified atom stereocenters. The third-order valence-electron chi connectivity index (χ3n) is 4.30. The van der Waals surface area contributed by atoms with Crippen LogP contribution in [0.25, 0.3) is 0 Å². The van der Waals surface area contributed by atoms with Crippen LogP contribution >= 0.6 is 0 Å². The van der Waals surface area contributed by atoms with Crippen LogP contribution in [0.5, 0.6) is 0 Å². The standard InChI is InChI=1S/C16H27N3/c1-16(2,3)14-7-9-19(10-8-14)12-13-5-6-15(17-4)18-11-13/h5-6,11,14H,7-10,12H2,1-4H3,(H,17,18). The van der Waals surface area contributed by atoms with Crippen LogP contribution in [-0.2, 0) is 6.54 Å². The SMILES string of the molecule is CNc1ccc(CN2CCC(C(C)(C)C)CC2)cn1. The van der Waals surface area contributed by atoms with Gasteiger partial charge in [-0.05, 0) is 48.9 Å². The molecule has 1 aliphatic heterocycles. The van der Waals surface area contributed by atoms with Crippen LogP contribution in [0.4, 0.5) is 5.82 Å². The van der Waals surface area contributed by atoms with E-state index in [4.69, 9.17) is 0 Å². The number of anilines is 1. The lowest BCUT2D eigenvalue weighted by Crippen LogP contribution is -2.37. The molecule has 0 bridgehead atoms. The van der Waals surface area contributed by atoms with Crippen molar-refractivity contribution >= 4 is 5.82 Å². The first-order chi connectivity index (χ1) is 8.99. The van der Waals surface area contributed by atoms with Gasteiger partial charge in [-0.1, -0.05) is 26.8 Å². The highest BCUT2D eigenvalue weighted by Gasteiger charge is 2.28. The molecule has 1 N–H and O–H groups in total. The van der Waals surface area contributed by atoms with Gasteiger partial charge in [0.2, 0.25) is 0 Å². The van der Waals surface area contributed by atoms with Gasteiger partial charge in [-0.25, -0.2) is 4.98 Å². The van der Waals surface area contributed by atoms with Crippen molar-refractivity contribution in [3.05, 3.63) is 23.9 Å². The minimum Gasteiger partial charge on any atom is -0.373 e. The molecule has 1 aromatic heterocycles. The number of rotatable bonds is 3. The van der Waals surface area contributed by atoms with Crippen LogP contribution < -0.4 is 5.32 Å². The van der Waals surface area contributed by atoms with Gasteiger partial charge in [-0.3, -0.25) is 4.90 Å². The molecule has 2 rings (SSSR count). The van der Waals surface area contributed by atoms with Gasteiger partial charge in [0.25, 0.3) is 0 Å². The number of likely N-dealkylation sites (tertiary alicyclic amines) is 1. The maximum Gasteiger partial charge on any atom is 0.125 e. The van der Waals surface area contributed by atoms with E-state index in [0.29, 0.717) is 5.41 Å². The maximum atomic E-state index is 4.38. The van der Waals surface area contributed by atoms with Crippen LogP contribution in [0.15, 0.2) is 18.3 Å². The first-order valence-corrected chi connectivity index (χ1v) is 7.34. The van der Waals surface area contributed by atoms with Gasteiger partial charge in [0, 0.05) is 19.8 Å². The largest absolute Gasteiger partial charge is 0.373 e. The van der Waals surface area contributed by atoms with Crippen LogP contribution in [0.1, 0.15) is 39.2 Å². The lowest BCUT2D eigenvalue weighted by Gasteiger charge is -2.38. The van der Waals surface area contributed by atoms with E-state index >= 15 is 0 Å². The topological polar surface area (TPSA) is 28.2 Å². The number of nitrogens with zero attached hydrogens (tertiary/aromatic N) is 2. The van der Waals surface area contributed by atoms with Crippen molar-refractivity contribution in [2.45, 2.75) is 40.2 Å². The number of piperidine rings is 1. The second-order valence-electron chi connectivity index (χ2n) is 6.72. The molecule has 1 fully saturated rings. The highest BCUT2D eigenvalue weighted by Crippen LogP contribution is 2.34. The van der Waals surface area contributed by atoms with Gasteiger partial charge >= 0.3 is 0 Å². The minimum atomic E-state index is 0.460. The Morgan fingerprint density at radius 3 is 2.42 bits per heavy atom. The van der Waals surface area contributed by atoms with E-state index < -0.39 is 0 Å². The summed E-state index contributed by atoms with van der Waals surface area (Å²) in [5.74, 6) is 1.81. The monoisotopic (exact) mass is 261 g/mol. The Labute approximate surface area is 117 Å². The zero-order valence-corrected chi connectivity index (χ0v) is 12.7. The molecule has 0 amide bonds. The van der Waals surface area contributed by atoms with Crippen LogP contribution in [0, 0.1) is 11.3 Å². The molecule has 0 aliphatic carbocycles. The van der Waals surface area contributed by atoms with Crippen molar-refractivity contribution in [3.63, 3.8) is 0 Å². The molecule has 0 saturated carbocycles. The Morgan fingerprint density at radius 1 is 1.26 bits per heavy atom. The van der Waals surface area contributed by atoms with Crippen molar-refractivity contribution in [1.82, 2.24) is 9.88 Å². The first kappa shape index (κ1) is 14.3. The summed E-state index contributed by atoms with van der Waals surface area (Å²) in [4.78, 5) is 6.93. The third kappa shape index (κ3) is 3.93. The summed E-state index contributed by atoms with van der Waals surface area (Å²) in [6, 6.07) is 4.23. The Balaban J connectivity index is 1.85. The molecular weight excluding hydrogens is 234 g/mol. The van der Waals surface area contributed by atoms with E-state index in [9.17, 15) is 0 Å². The van der Waals surface area contributed by atoms with Crippen molar-refractivity contribution in [2.75, 3.05) is 25.5 Å². The van der Waals surface area contributed by atoms with Crippen molar-refractivity contribution in [2.24, 2.45) is 11.3 Å². The number of hydrogen-bond acceptors (Lipinski definition) is 3. The summed E-state index contributed by atoms with van der Waals surface area (Å²) < 4.78 is 0. The van der Waals surface area contributed by atoms with Gasteiger partial charge < -0.3 is 5.32 Å². The molecule has 106 valence electrons. The van der Waals surface area contributed by atoms with Crippen LogP contribution in [-0.4, -0.2) is 30.0 Å². The Hall–Kier alpha value is -1.09. The molecule has 1 saturated heterocycles. The van der Waals surface area contributed by atoms with Gasteiger partial charge in [0.05, 0.1) is 0 Å². The lowest BCUT2D eigenvalue weighted by atomic mass is 9.75. The predicted octanol–water partition coefficient (Wildman–Crippen LogP) is 3.38. The van der Waals surface area contributed by atoms with Gasteiger partial charge in [0.1, 0.15) is 5.82 Å². The Kier molecular flexibility index (Phi) is 4.46. The van der Waals surface area contributed by atoms with E-state index in [1.165, 1.54) is 31.5 Å². The highest BCUT2D eigenvalue weighted by molar-refractivity contribution is 5.34. The van der Waals surface area contributed by atoms with E-state index in [0.717, 1.165) is 18.3 Å². The lowest BCUT2D eigenvalue weighted by molar-refractivity contribution is 0.108. The van der Waals surface area contributed by atoms with E-state index in [-0.39, 0.29) is 0 Å². The molecular formula is C16H27N3. The maximum absolute atomic E-state index is 4.38. The quantitative estimate of drug-likeness (QED) is 0.904. The fourth-order valence-electron chi connectivity index (χ4n) is 2.88. The fraction of sp³-hybridized carbons (Fsp3) is 0.688. The highest BCUT2D eigenvalue weighted by atomic mass is 15.1. The Bertz CT molecular complexity index is 383. The third-order valence-corrected chi connectivity index (χ3v) is 4.30. The normalized spacial score (nSPS) is 18.5. The molecule has 2 heterocycles. The predicted molar refractivity (Wildman–Crippen MR) is 81.2 cm³/mol.